The SMILES string of the molecule is CCCCOCCOCC(O)CNc1cn(C)nc1CC. The Hall–Kier alpha value is -1.11. The first-order valence-electron chi connectivity index (χ1n) is 7.77. The Balaban J connectivity index is 2.09. The molecule has 0 saturated carbocycles. The molecular weight excluding hydrogens is 270 g/mol. The number of aliphatic hydroxyl groups is 1. The molecule has 0 radical (unpaired) electrons. The molecule has 1 aromatic heterocycles. The van der Waals surface area contributed by atoms with Gasteiger partial charge in [-0.15, -0.1) is 0 Å². The first-order chi connectivity index (χ1) is 10.2. The average molecular weight is 299 g/mol. The minimum Gasteiger partial charge on any atom is -0.389 e. The van der Waals surface area contributed by atoms with Crippen molar-refractivity contribution in [2.24, 2.45) is 7.05 Å². The van der Waals surface area contributed by atoms with Crippen molar-refractivity contribution in [3.63, 3.8) is 0 Å². The molecule has 1 aromatic rings. The van der Waals surface area contributed by atoms with Gasteiger partial charge in [0.05, 0.1) is 37.3 Å². The van der Waals surface area contributed by atoms with E-state index >= 15 is 0 Å². The van der Waals surface area contributed by atoms with Gasteiger partial charge in [0.2, 0.25) is 0 Å². The van der Waals surface area contributed by atoms with Crippen LogP contribution in [-0.4, -0.2) is 54.0 Å². The highest BCUT2D eigenvalue weighted by Gasteiger charge is 2.08. The molecule has 2 N–H and O–H groups in total. The summed E-state index contributed by atoms with van der Waals surface area (Å²) in [7, 11) is 1.89. The van der Waals surface area contributed by atoms with Gasteiger partial charge in [0.25, 0.3) is 0 Å². The second-order valence-electron chi connectivity index (χ2n) is 5.09. The Labute approximate surface area is 127 Å². The van der Waals surface area contributed by atoms with E-state index in [-0.39, 0.29) is 0 Å². The van der Waals surface area contributed by atoms with Gasteiger partial charge in [-0.05, 0) is 12.8 Å². The van der Waals surface area contributed by atoms with Crippen molar-refractivity contribution in [3.8, 4) is 0 Å². The van der Waals surface area contributed by atoms with Crippen LogP contribution in [0.2, 0.25) is 0 Å². The molecule has 0 saturated heterocycles. The van der Waals surface area contributed by atoms with Gasteiger partial charge >= 0.3 is 0 Å². The molecule has 0 aliphatic carbocycles. The molecule has 0 aromatic carbocycles. The Kier molecular flexibility index (Phi) is 9.05. The largest absolute Gasteiger partial charge is 0.389 e. The summed E-state index contributed by atoms with van der Waals surface area (Å²) in [6, 6.07) is 0. The van der Waals surface area contributed by atoms with E-state index in [1.165, 1.54) is 0 Å². The molecule has 0 aliphatic rings. The van der Waals surface area contributed by atoms with Gasteiger partial charge in [0, 0.05) is 26.4 Å². The zero-order chi connectivity index (χ0) is 15.5. The number of ether oxygens (including phenoxy) is 2. The van der Waals surface area contributed by atoms with Gasteiger partial charge < -0.3 is 19.9 Å². The molecule has 1 atom stereocenters. The number of unbranched alkanes of at least 4 members (excludes halogenated alkanes) is 1. The lowest BCUT2D eigenvalue weighted by atomic mass is 10.3. The summed E-state index contributed by atoms with van der Waals surface area (Å²) in [6.07, 6.45) is 4.47. The van der Waals surface area contributed by atoms with Crippen molar-refractivity contribution < 1.29 is 14.6 Å². The maximum absolute atomic E-state index is 9.87. The highest BCUT2D eigenvalue weighted by Crippen LogP contribution is 2.13. The fourth-order valence-electron chi connectivity index (χ4n) is 1.92. The summed E-state index contributed by atoms with van der Waals surface area (Å²) < 4.78 is 12.6. The summed E-state index contributed by atoms with van der Waals surface area (Å²) >= 11 is 0. The van der Waals surface area contributed by atoms with E-state index in [9.17, 15) is 5.11 Å². The number of hydrogen-bond donors (Lipinski definition) is 2. The number of nitrogens with one attached hydrogen (secondary N) is 1. The molecule has 0 amide bonds. The number of aryl methyl sites for hydroxylation is 2. The van der Waals surface area contributed by atoms with Gasteiger partial charge in [0.1, 0.15) is 0 Å². The fraction of sp³-hybridized carbons (Fsp3) is 0.800. The van der Waals surface area contributed by atoms with Crippen molar-refractivity contribution in [1.82, 2.24) is 9.78 Å². The lowest BCUT2D eigenvalue weighted by molar-refractivity contribution is 0.00749. The summed E-state index contributed by atoms with van der Waals surface area (Å²) in [4.78, 5) is 0. The molecule has 1 heterocycles. The minimum atomic E-state index is -0.537. The number of rotatable bonds is 12. The van der Waals surface area contributed by atoms with Crippen molar-refractivity contribution in [3.05, 3.63) is 11.9 Å². The smallest absolute Gasteiger partial charge is 0.0945 e. The molecule has 21 heavy (non-hydrogen) atoms. The van der Waals surface area contributed by atoms with Crippen molar-refractivity contribution in [2.75, 3.05) is 38.3 Å². The molecule has 0 fully saturated rings. The van der Waals surface area contributed by atoms with Crippen molar-refractivity contribution in [1.29, 1.82) is 0 Å². The number of hydrogen-bond acceptors (Lipinski definition) is 5. The van der Waals surface area contributed by atoms with E-state index in [4.69, 9.17) is 9.47 Å². The van der Waals surface area contributed by atoms with Crippen LogP contribution in [0.25, 0.3) is 0 Å². The Morgan fingerprint density at radius 2 is 2.05 bits per heavy atom. The summed E-state index contributed by atoms with van der Waals surface area (Å²) in [5.74, 6) is 0. The molecule has 0 aliphatic heterocycles. The van der Waals surface area contributed by atoms with Gasteiger partial charge in [-0.2, -0.15) is 5.10 Å². The highest BCUT2D eigenvalue weighted by atomic mass is 16.5. The zero-order valence-electron chi connectivity index (χ0n) is 13.5. The van der Waals surface area contributed by atoms with Gasteiger partial charge in [0.15, 0.2) is 0 Å². The van der Waals surface area contributed by atoms with Crippen LogP contribution in [-0.2, 0) is 22.9 Å². The predicted molar refractivity (Wildman–Crippen MR) is 83.6 cm³/mol. The van der Waals surface area contributed by atoms with Crippen LogP contribution in [0.1, 0.15) is 32.4 Å². The summed E-state index contributed by atoms with van der Waals surface area (Å²) in [5, 5.41) is 17.4. The van der Waals surface area contributed by atoms with Crippen LogP contribution in [0.5, 0.6) is 0 Å². The highest BCUT2D eigenvalue weighted by molar-refractivity contribution is 5.46. The molecule has 0 spiro atoms. The van der Waals surface area contributed by atoms with Gasteiger partial charge in [-0.25, -0.2) is 0 Å². The summed E-state index contributed by atoms with van der Waals surface area (Å²) in [6.45, 7) is 6.85. The van der Waals surface area contributed by atoms with Crippen LogP contribution < -0.4 is 5.32 Å². The van der Waals surface area contributed by atoms with Crippen molar-refractivity contribution in [2.45, 2.75) is 39.2 Å². The van der Waals surface area contributed by atoms with Gasteiger partial charge in [-0.3, -0.25) is 4.68 Å². The predicted octanol–water partition coefficient (Wildman–Crippen LogP) is 1.59. The standard InChI is InChI=1S/C15H29N3O3/c1-4-6-7-20-8-9-21-12-13(19)10-16-15-11-18(3)17-14(15)5-2/h11,13,16,19H,4-10,12H2,1-3H3. The third-order valence-corrected chi connectivity index (χ3v) is 3.09. The normalized spacial score (nSPS) is 12.6. The summed E-state index contributed by atoms with van der Waals surface area (Å²) in [5.41, 5.74) is 1.98. The van der Waals surface area contributed by atoms with E-state index in [0.717, 1.165) is 37.3 Å². The quantitative estimate of drug-likeness (QED) is 0.574. The second kappa shape index (κ2) is 10.6. The van der Waals surface area contributed by atoms with E-state index in [2.05, 4.69) is 24.3 Å². The zero-order valence-corrected chi connectivity index (χ0v) is 13.5. The second-order valence-corrected chi connectivity index (χ2v) is 5.09. The van der Waals surface area contributed by atoms with E-state index < -0.39 is 6.10 Å². The fourth-order valence-corrected chi connectivity index (χ4v) is 1.92. The first-order valence-corrected chi connectivity index (χ1v) is 7.77. The Morgan fingerprint density at radius 1 is 1.29 bits per heavy atom. The van der Waals surface area contributed by atoms with Crippen LogP contribution >= 0.6 is 0 Å². The molecule has 1 unspecified atom stereocenters. The number of aliphatic hydroxyl groups excluding tert-OH is 1. The first kappa shape index (κ1) is 17.9. The molecule has 0 bridgehead atoms. The van der Waals surface area contributed by atoms with E-state index in [1.807, 2.05) is 13.2 Å². The van der Waals surface area contributed by atoms with Gasteiger partial charge in [-0.1, -0.05) is 20.3 Å². The van der Waals surface area contributed by atoms with Crippen LogP contribution in [0.4, 0.5) is 5.69 Å². The molecular formula is C15H29N3O3. The molecule has 122 valence electrons. The molecule has 1 rings (SSSR count). The minimum absolute atomic E-state index is 0.311. The van der Waals surface area contributed by atoms with Crippen LogP contribution in [0.15, 0.2) is 6.20 Å². The van der Waals surface area contributed by atoms with E-state index in [0.29, 0.717) is 26.4 Å². The van der Waals surface area contributed by atoms with Crippen LogP contribution in [0.3, 0.4) is 0 Å². The number of aromatic nitrogens is 2. The van der Waals surface area contributed by atoms with E-state index in [1.54, 1.807) is 4.68 Å². The molecule has 6 nitrogen and oxygen atoms in total. The number of anilines is 1. The maximum Gasteiger partial charge on any atom is 0.0945 e. The van der Waals surface area contributed by atoms with Crippen LogP contribution in [0, 0.1) is 0 Å². The monoisotopic (exact) mass is 299 g/mol. The number of nitrogens with zero attached hydrogens (tertiary/aromatic N) is 2. The maximum atomic E-state index is 9.87. The van der Waals surface area contributed by atoms with Crippen molar-refractivity contribution >= 4 is 5.69 Å². The Morgan fingerprint density at radius 3 is 2.76 bits per heavy atom. The lowest BCUT2D eigenvalue weighted by Gasteiger charge is -2.13. The molecule has 6 heteroatoms. The lowest BCUT2D eigenvalue weighted by Crippen LogP contribution is -2.25. The Bertz CT molecular complexity index is 382. The topological polar surface area (TPSA) is 68.5 Å². The third-order valence-electron chi connectivity index (χ3n) is 3.09. The third kappa shape index (κ3) is 7.45. The average Bonchev–Trinajstić information content (AvgIpc) is 2.84.